The number of ether oxygens (including phenoxy) is 1. The minimum Gasteiger partial charge on any atom is -0.482 e. The maximum atomic E-state index is 11.8. The van der Waals surface area contributed by atoms with Crippen molar-refractivity contribution in [2.45, 2.75) is 32.7 Å². The topological polar surface area (TPSA) is 38.3 Å². The molecular weight excluding hydrogens is 310 g/mol. The zero-order chi connectivity index (χ0) is 16.9. The number of benzene rings is 2. The monoisotopic (exact) mass is 331 g/mol. The molecule has 4 heteroatoms. The van der Waals surface area contributed by atoms with Gasteiger partial charge in [-0.25, -0.2) is 0 Å². The van der Waals surface area contributed by atoms with Gasteiger partial charge in [-0.05, 0) is 28.7 Å². The summed E-state index contributed by atoms with van der Waals surface area (Å²) in [5.74, 6) is 0.337. The number of hydrogen-bond acceptors (Lipinski definition) is 2. The first kappa shape index (κ1) is 17.4. The summed E-state index contributed by atoms with van der Waals surface area (Å²) in [6.45, 7) is 6.96. The summed E-state index contributed by atoms with van der Waals surface area (Å²) in [7, 11) is 0. The molecule has 0 aliphatic heterocycles. The highest BCUT2D eigenvalue weighted by Crippen LogP contribution is 2.23. The van der Waals surface area contributed by atoms with Crippen LogP contribution in [0.2, 0.25) is 5.02 Å². The molecule has 0 spiro atoms. The van der Waals surface area contributed by atoms with Crippen molar-refractivity contribution in [3.63, 3.8) is 0 Å². The Kier molecular flexibility index (Phi) is 5.67. The van der Waals surface area contributed by atoms with Gasteiger partial charge in [0, 0.05) is 6.54 Å². The fourth-order valence-electron chi connectivity index (χ4n) is 2.08. The molecule has 2 aromatic carbocycles. The largest absolute Gasteiger partial charge is 0.482 e. The molecule has 122 valence electrons. The van der Waals surface area contributed by atoms with Gasteiger partial charge < -0.3 is 10.1 Å². The van der Waals surface area contributed by atoms with E-state index in [0.29, 0.717) is 17.3 Å². The summed E-state index contributed by atoms with van der Waals surface area (Å²) < 4.78 is 5.41. The van der Waals surface area contributed by atoms with Crippen molar-refractivity contribution in [3.05, 3.63) is 64.7 Å². The van der Waals surface area contributed by atoms with E-state index in [1.807, 2.05) is 24.3 Å². The van der Waals surface area contributed by atoms with Crippen LogP contribution in [-0.4, -0.2) is 12.5 Å². The van der Waals surface area contributed by atoms with Crippen molar-refractivity contribution in [3.8, 4) is 5.75 Å². The van der Waals surface area contributed by atoms with E-state index in [1.54, 1.807) is 12.1 Å². The highest BCUT2D eigenvalue weighted by atomic mass is 35.5. The van der Waals surface area contributed by atoms with Gasteiger partial charge in [0.15, 0.2) is 6.61 Å². The Hall–Kier alpha value is -2.00. The van der Waals surface area contributed by atoms with Gasteiger partial charge in [0.2, 0.25) is 0 Å². The lowest BCUT2D eigenvalue weighted by Crippen LogP contribution is -2.28. The van der Waals surface area contributed by atoms with Crippen LogP contribution in [0.25, 0.3) is 0 Å². The third-order valence-electron chi connectivity index (χ3n) is 3.51. The third-order valence-corrected chi connectivity index (χ3v) is 3.82. The highest BCUT2D eigenvalue weighted by molar-refractivity contribution is 6.32. The molecule has 0 fully saturated rings. The Bertz CT molecular complexity index is 660. The van der Waals surface area contributed by atoms with Crippen LogP contribution in [0.15, 0.2) is 48.5 Å². The Balaban J connectivity index is 1.81. The van der Waals surface area contributed by atoms with Crippen LogP contribution in [0.5, 0.6) is 5.75 Å². The lowest BCUT2D eigenvalue weighted by atomic mass is 9.87. The molecular formula is C19H22ClNO2. The Morgan fingerprint density at radius 1 is 1.09 bits per heavy atom. The highest BCUT2D eigenvalue weighted by Gasteiger charge is 2.13. The van der Waals surface area contributed by atoms with Gasteiger partial charge in [-0.2, -0.15) is 0 Å². The van der Waals surface area contributed by atoms with E-state index in [2.05, 4.69) is 38.2 Å². The van der Waals surface area contributed by atoms with Crippen LogP contribution in [0.3, 0.4) is 0 Å². The van der Waals surface area contributed by atoms with Gasteiger partial charge in [-0.3, -0.25) is 4.79 Å². The van der Waals surface area contributed by atoms with E-state index < -0.39 is 0 Å². The lowest BCUT2D eigenvalue weighted by molar-refractivity contribution is -0.123. The standard InChI is InChI=1S/C19H22ClNO2/c1-19(2,3)15-10-8-14(9-11-15)12-21-18(22)13-23-17-7-5-4-6-16(17)20/h4-11H,12-13H2,1-3H3,(H,21,22). The summed E-state index contributed by atoms with van der Waals surface area (Å²) in [5, 5.41) is 3.34. The van der Waals surface area contributed by atoms with E-state index in [-0.39, 0.29) is 17.9 Å². The molecule has 0 aliphatic rings. The summed E-state index contributed by atoms with van der Waals surface area (Å²) in [6.07, 6.45) is 0. The Morgan fingerprint density at radius 2 is 1.74 bits per heavy atom. The fourth-order valence-corrected chi connectivity index (χ4v) is 2.27. The van der Waals surface area contributed by atoms with Crippen LogP contribution in [-0.2, 0) is 16.8 Å². The zero-order valence-electron chi connectivity index (χ0n) is 13.7. The zero-order valence-corrected chi connectivity index (χ0v) is 14.5. The fraction of sp³-hybridized carbons (Fsp3) is 0.316. The second-order valence-corrected chi connectivity index (χ2v) is 6.85. The van der Waals surface area contributed by atoms with Crippen LogP contribution in [0.1, 0.15) is 31.9 Å². The number of nitrogens with one attached hydrogen (secondary N) is 1. The van der Waals surface area contributed by atoms with Crippen molar-refractivity contribution in [2.75, 3.05) is 6.61 Å². The maximum absolute atomic E-state index is 11.8. The molecule has 23 heavy (non-hydrogen) atoms. The first-order valence-electron chi connectivity index (χ1n) is 7.60. The van der Waals surface area contributed by atoms with Gasteiger partial charge in [-0.1, -0.05) is 68.8 Å². The van der Waals surface area contributed by atoms with Gasteiger partial charge in [0.05, 0.1) is 5.02 Å². The second-order valence-electron chi connectivity index (χ2n) is 6.44. The molecule has 3 nitrogen and oxygen atoms in total. The summed E-state index contributed by atoms with van der Waals surface area (Å²) in [4.78, 5) is 11.8. The van der Waals surface area contributed by atoms with E-state index in [0.717, 1.165) is 5.56 Å². The minimum absolute atomic E-state index is 0.0518. The molecule has 0 atom stereocenters. The first-order valence-corrected chi connectivity index (χ1v) is 7.97. The number of para-hydroxylation sites is 1. The molecule has 1 N–H and O–H groups in total. The van der Waals surface area contributed by atoms with Gasteiger partial charge in [0.25, 0.3) is 5.91 Å². The predicted molar refractivity (Wildman–Crippen MR) is 93.9 cm³/mol. The lowest BCUT2D eigenvalue weighted by Gasteiger charge is -2.19. The van der Waals surface area contributed by atoms with E-state index >= 15 is 0 Å². The van der Waals surface area contributed by atoms with Crippen molar-refractivity contribution in [1.29, 1.82) is 0 Å². The molecule has 0 saturated carbocycles. The second kappa shape index (κ2) is 7.51. The molecule has 0 aromatic heterocycles. The quantitative estimate of drug-likeness (QED) is 0.885. The van der Waals surface area contributed by atoms with E-state index in [1.165, 1.54) is 5.56 Å². The van der Waals surface area contributed by atoms with Crippen molar-refractivity contribution in [1.82, 2.24) is 5.32 Å². The number of hydrogen-bond donors (Lipinski definition) is 1. The van der Waals surface area contributed by atoms with Crippen molar-refractivity contribution >= 4 is 17.5 Å². The van der Waals surface area contributed by atoms with Crippen LogP contribution < -0.4 is 10.1 Å². The molecule has 0 unspecified atom stereocenters. The molecule has 1 amide bonds. The number of halogens is 1. The number of carbonyl (C=O) groups is 1. The van der Waals surface area contributed by atoms with Gasteiger partial charge in [0.1, 0.15) is 5.75 Å². The molecule has 0 bridgehead atoms. The maximum Gasteiger partial charge on any atom is 0.258 e. The SMILES string of the molecule is CC(C)(C)c1ccc(CNC(=O)COc2ccccc2Cl)cc1. The molecule has 0 radical (unpaired) electrons. The van der Waals surface area contributed by atoms with E-state index in [9.17, 15) is 4.79 Å². The predicted octanol–water partition coefficient (Wildman–Crippen LogP) is 4.33. The number of rotatable bonds is 5. The van der Waals surface area contributed by atoms with Crippen LogP contribution >= 0.6 is 11.6 Å². The molecule has 0 aliphatic carbocycles. The Morgan fingerprint density at radius 3 is 2.35 bits per heavy atom. The number of amides is 1. The molecule has 2 aromatic rings. The average Bonchev–Trinajstić information content (AvgIpc) is 2.51. The third kappa shape index (κ3) is 5.29. The van der Waals surface area contributed by atoms with E-state index in [4.69, 9.17) is 16.3 Å². The normalized spacial score (nSPS) is 11.1. The smallest absolute Gasteiger partial charge is 0.258 e. The summed E-state index contributed by atoms with van der Waals surface area (Å²) in [6, 6.07) is 15.4. The summed E-state index contributed by atoms with van der Waals surface area (Å²) in [5.41, 5.74) is 2.46. The van der Waals surface area contributed by atoms with Crippen LogP contribution in [0.4, 0.5) is 0 Å². The molecule has 0 saturated heterocycles. The van der Waals surface area contributed by atoms with Crippen molar-refractivity contribution < 1.29 is 9.53 Å². The van der Waals surface area contributed by atoms with Gasteiger partial charge in [-0.15, -0.1) is 0 Å². The molecule has 0 heterocycles. The molecule has 2 rings (SSSR count). The number of carbonyl (C=O) groups excluding carboxylic acids is 1. The average molecular weight is 332 g/mol. The van der Waals surface area contributed by atoms with Crippen molar-refractivity contribution in [2.24, 2.45) is 0 Å². The first-order chi connectivity index (χ1) is 10.9. The van der Waals surface area contributed by atoms with Crippen LogP contribution in [0, 0.1) is 0 Å². The summed E-state index contributed by atoms with van der Waals surface area (Å²) >= 11 is 5.98. The Labute approximate surface area is 142 Å². The van der Waals surface area contributed by atoms with Gasteiger partial charge >= 0.3 is 0 Å². The minimum atomic E-state index is -0.176.